The van der Waals surface area contributed by atoms with Crippen LogP contribution in [0.4, 0.5) is 0 Å². The number of rotatable bonds is 5. The minimum Gasteiger partial charge on any atom is -0.309 e. The monoisotopic (exact) mass is 713 g/mol. The number of benzene rings is 8. The van der Waals surface area contributed by atoms with Crippen molar-refractivity contribution in [3.8, 4) is 39.1 Å². The van der Waals surface area contributed by atoms with E-state index in [2.05, 4.69) is 215 Å². The smallest absolute Gasteiger partial charge is 0.0713 e. The number of fused-ring (bicyclic) bond motifs is 6. The van der Waals surface area contributed by atoms with Crippen LogP contribution in [0.25, 0.3) is 60.9 Å². The Morgan fingerprint density at radius 2 is 0.961 bits per heavy atom. The van der Waals surface area contributed by atoms with Gasteiger partial charge in [-0.25, -0.2) is 0 Å². The van der Waals surface area contributed by atoms with Crippen molar-refractivity contribution in [1.82, 2.24) is 4.57 Å². The summed E-state index contributed by atoms with van der Waals surface area (Å²) in [4.78, 5) is 0. The van der Waals surface area contributed by atoms with Gasteiger partial charge in [-0.1, -0.05) is 168 Å². The third-order valence-corrected chi connectivity index (χ3v) is 11.3. The molecule has 0 aliphatic heterocycles. The average Bonchev–Trinajstić information content (AvgIpc) is 3.69. The molecule has 2 heteroatoms. The lowest BCUT2D eigenvalue weighted by Crippen LogP contribution is -2.28. The molecule has 1 aromatic heterocycles. The number of hydrogen-bond donors (Lipinski definition) is 0. The van der Waals surface area contributed by atoms with Crippen LogP contribution in [-0.2, 0) is 5.41 Å². The maximum atomic E-state index is 3.58. The number of halogens is 1. The average molecular weight is 715 g/mol. The Kier molecular flexibility index (Phi) is 6.94. The van der Waals surface area contributed by atoms with E-state index in [1.54, 1.807) is 0 Å². The van der Waals surface area contributed by atoms with Gasteiger partial charge >= 0.3 is 0 Å². The minimum atomic E-state index is -0.416. The number of para-hydroxylation sites is 1. The molecule has 0 radical (unpaired) electrons. The summed E-state index contributed by atoms with van der Waals surface area (Å²) in [6.07, 6.45) is 0. The van der Waals surface area contributed by atoms with E-state index in [1.165, 1.54) is 77.4 Å². The normalized spacial score (nSPS) is 13.0. The van der Waals surface area contributed by atoms with Crippen molar-refractivity contribution >= 4 is 37.7 Å². The van der Waals surface area contributed by atoms with Gasteiger partial charge in [-0.15, -0.1) is 0 Å². The fourth-order valence-electron chi connectivity index (χ4n) is 8.53. The summed E-state index contributed by atoms with van der Waals surface area (Å²) in [7, 11) is 0. The number of aromatic nitrogens is 1. The van der Waals surface area contributed by atoms with Crippen LogP contribution in [0.5, 0.6) is 0 Å². The molecule has 0 N–H and O–H groups in total. The zero-order valence-corrected chi connectivity index (χ0v) is 29.4. The first-order chi connectivity index (χ1) is 25.2. The van der Waals surface area contributed by atoms with Gasteiger partial charge in [-0.05, 0) is 98.1 Å². The molecule has 1 nitrogen and oxygen atoms in total. The van der Waals surface area contributed by atoms with Crippen molar-refractivity contribution < 1.29 is 0 Å². The van der Waals surface area contributed by atoms with Crippen LogP contribution < -0.4 is 0 Å². The quantitative estimate of drug-likeness (QED) is 0.167. The molecular weight excluding hydrogens is 682 g/mol. The van der Waals surface area contributed by atoms with Crippen LogP contribution in [0.2, 0.25) is 0 Å². The van der Waals surface area contributed by atoms with Gasteiger partial charge in [0, 0.05) is 20.9 Å². The summed E-state index contributed by atoms with van der Waals surface area (Å²) >= 11 is 3.58. The standard InChI is InChI=1S/C49H32BrN/c50-39-25-22-33(23-26-39)34-12-11-13-35(30-34)36-24-28-43-42-19-8-10-21-47(42)51(48(43)31-36)40-27-29-46-44(32-40)41-18-7-9-20-45(41)49(46,37-14-3-1-4-15-37)38-16-5-2-6-17-38/h1-32H. The molecule has 0 atom stereocenters. The van der Waals surface area contributed by atoms with Crippen LogP contribution in [0, 0.1) is 0 Å². The van der Waals surface area contributed by atoms with Gasteiger partial charge < -0.3 is 4.57 Å². The maximum Gasteiger partial charge on any atom is 0.0713 e. The first kappa shape index (κ1) is 29.9. The van der Waals surface area contributed by atoms with Gasteiger partial charge in [0.1, 0.15) is 0 Å². The molecule has 10 rings (SSSR count). The zero-order chi connectivity index (χ0) is 33.9. The van der Waals surface area contributed by atoms with Crippen molar-refractivity contribution in [2.45, 2.75) is 5.41 Å². The molecule has 1 aliphatic rings. The van der Waals surface area contributed by atoms with E-state index in [4.69, 9.17) is 0 Å². The molecule has 51 heavy (non-hydrogen) atoms. The van der Waals surface area contributed by atoms with E-state index < -0.39 is 5.41 Å². The third kappa shape index (κ3) is 4.60. The third-order valence-electron chi connectivity index (χ3n) is 10.7. The molecule has 1 heterocycles. The van der Waals surface area contributed by atoms with Crippen molar-refractivity contribution in [2.24, 2.45) is 0 Å². The van der Waals surface area contributed by atoms with E-state index in [-0.39, 0.29) is 0 Å². The summed E-state index contributed by atoms with van der Waals surface area (Å²) in [5, 5.41) is 2.51. The largest absolute Gasteiger partial charge is 0.309 e. The van der Waals surface area contributed by atoms with Gasteiger partial charge in [0.25, 0.3) is 0 Å². The maximum absolute atomic E-state index is 3.58. The zero-order valence-electron chi connectivity index (χ0n) is 27.8. The van der Waals surface area contributed by atoms with Gasteiger partial charge in [0.15, 0.2) is 0 Å². The van der Waals surface area contributed by atoms with Gasteiger partial charge in [0.05, 0.1) is 16.4 Å². The molecule has 0 bridgehead atoms. The van der Waals surface area contributed by atoms with E-state index in [0.29, 0.717) is 0 Å². The predicted molar refractivity (Wildman–Crippen MR) is 217 cm³/mol. The molecule has 0 saturated heterocycles. The SMILES string of the molecule is Brc1ccc(-c2cccc(-c3ccc4c5ccccc5n(-c5ccc6c(c5)-c5ccccc5C6(c5ccccc5)c5ccccc5)c4c3)c2)cc1. The molecule has 0 spiro atoms. The minimum absolute atomic E-state index is 0.416. The van der Waals surface area contributed by atoms with E-state index in [0.717, 1.165) is 10.2 Å². The van der Waals surface area contributed by atoms with Crippen molar-refractivity contribution in [1.29, 1.82) is 0 Å². The van der Waals surface area contributed by atoms with Crippen LogP contribution in [0.15, 0.2) is 199 Å². The lowest BCUT2D eigenvalue weighted by Gasteiger charge is -2.33. The Bertz CT molecular complexity index is 2700. The second-order valence-electron chi connectivity index (χ2n) is 13.4. The Labute approximate surface area is 306 Å². The Balaban J connectivity index is 1.20. The highest BCUT2D eigenvalue weighted by Gasteiger charge is 2.46. The van der Waals surface area contributed by atoms with Crippen LogP contribution in [0.3, 0.4) is 0 Å². The summed E-state index contributed by atoms with van der Waals surface area (Å²) in [5.41, 5.74) is 15.7. The van der Waals surface area contributed by atoms with Gasteiger partial charge in [-0.3, -0.25) is 0 Å². The second kappa shape index (κ2) is 11.8. The second-order valence-corrected chi connectivity index (χ2v) is 14.3. The summed E-state index contributed by atoms with van der Waals surface area (Å²) < 4.78 is 3.54. The lowest BCUT2D eigenvalue weighted by molar-refractivity contribution is 0.768. The van der Waals surface area contributed by atoms with Crippen LogP contribution in [0.1, 0.15) is 22.3 Å². The Morgan fingerprint density at radius 3 is 1.73 bits per heavy atom. The van der Waals surface area contributed by atoms with Crippen molar-refractivity contribution in [3.05, 3.63) is 221 Å². The highest BCUT2D eigenvalue weighted by molar-refractivity contribution is 9.10. The topological polar surface area (TPSA) is 4.93 Å². The molecule has 8 aromatic carbocycles. The van der Waals surface area contributed by atoms with E-state index >= 15 is 0 Å². The molecular formula is C49H32BrN. The molecule has 0 unspecified atom stereocenters. The van der Waals surface area contributed by atoms with Crippen molar-refractivity contribution in [2.75, 3.05) is 0 Å². The summed E-state index contributed by atoms with van der Waals surface area (Å²) in [6, 6.07) is 71.3. The number of nitrogens with zero attached hydrogens (tertiary/aromatic N) is 1. The highest BCUT2D eigenvalue weighted by Crippen LogP contribution is 2.56. The molecule has 0 fully saturated rings. The first-order valence-electron chi connectivity index (χ1n) is 17.5. The summed E-state index contributed by atoms with van der Waals surface area (Å²) in [5.74, 6) is 0. The fourth-order valence-corrected chi connectivity index (χ4v) is 8.79. The molecule has 0 amide bonds. The van der Waals surface area contributed by atoms with Gasteiger partial charge in [-0.2, -0.15) is 0 Å². The molecule has 0 saturated carbocycles. The van der Waals surface area contributed by atoms with Crippen molar-refractivity contribution in [3.63, 3.8) is 0 Å². The van der Waals surface area contributed by atoms with E-state index in [1.807, 2.05) is 0 Å². The fraction of sp³-hybridized carbons (Fsp3) is 0.0204. The first-order valence-corrected chi connectivity index (χ1v) is 18.2. The Hall–Kier alpha value is -5.96. The molecule has 1 aliphatic carbocycles. The number of hydrogen-bond acceptors (Lipinski definition) is 0. The summed E-state index contributed by atoms with van der Waals surface area (Å²) in [6.45, 7) is 0. The highest BCUT2D eigenvalue weighted by atomic mass is 79.9. The van der Waals surface area contributed by atoms with Crippen LogP contribution >= 0.6 is 15.9 Å². The molecule has 9 aromatic rings. The Morgan fingerprint density at radius 1 is 0.373 bits per heavy atom. The van der Waals surface area contributed by atoms with E-state index in [9.17, 15) is 0 Å². The van der Waals surface area contributed by atoms with Gasteiger partial charge in [0.2, 0.25) is 0 Å². The van der Waals surface area contributed by atoms with Crippen LogP contribution in [-0.4, -0.2) is 4.57 Å². The lowest BCUT2D eigenvalue weighted by atomic mass is 9.68. The molecule has 240 valence electrons. The predicted octanol–water partition coefficient (Wildman–Crippen LogP) is 13.2.